The molecule has 1 N–H and O–H groups in total. The molecule has 2 aliphatic carbocycles. The van der Waals surface area contributed by atoms with E-state index in [4.69, 9.17) is 0 Å². The van der Waals surface area contributed by atoms with Crippen LogP contribution in [0.3, 0.4) is 0 Å². The van der Waals surface area contributed by atoms with Gasteiger partial charge in [-0.25, -0.2) is 0 Å². The third kappa shape index (κ3) is 2.39. The van der Waals surface area contributed by atoms with Crippen LogP contribution in [0.4, 0.5) is 5.69 Å². The van der Waals surface area contributed by atoms with Gasteiger partial charge in [-0.2, -0.15) is 0 Å². The molecule has 5 atom stereocenters. The summed E-state index contributed by atoms with van der Waals surface area (Å²) in [6.07, 6.45) is 17.1. The Morgan fingerprint density at radius 3 is 2.65 bits per heavy atom. The van der Waals surface area contributed by atoms with E-state index in [0.29, 0.717) is 30.0 Å². The van der Waals surface area contributed by atoms with E-state index in [2.05, 4.69) is 84.8 Å². The van der Waals surface area contributed by atoms with Gasteiger partial charge in [0.2, 0.25) is 0 Å². The summed E-state index contributed by atoms with van der Waals surface area (Å²) in [5.74, 6) is 1.24. The van der Waals surface area contributed by atoms with E-state index >= 15 is 0 Å². The molecule has 2 aliphatic heterocycles. The summed E-state index contributed by atoms with van der Waals surface area (Å²) < 4.78 is 0. The van der Waals surface area contributed by atoms with Crippen molar-refractivity contribution in [2.24, 2.45) is 5.92 Å². The molecule has 0 spiro atoms. The second kappa shape index (κ2) is 6.19. The summed E-state index contributed by atoms with van der Waals surface area (Å²) in [5, 5.41) is 3.78. The van der Waals surface area contributed by atoms with Crippen LogP contribution in [0.2, 0.25) is 0 Å². The lowest BCUT2D eigenvalue weighted by molar-refractivity contribution is 0.153. The van der Waals surface area contributed by atoms with Crippen LogP contribution in [0.5, 0.6) is 0 Å². The molecule has 3 unspecified atom stereocenters. The van der Waals surface area contributed by atoms with Crippen LogP contribution in [0.1, 0.15) is 44.6 Å². The number of rotatable bonds is 1. The predicted octanol–water partition coefficient (Wildman–Crippen LogP) is 5.39. The Labute approximate surface area is 157 Å². The average Bonchev–Trinajstić information content (AvgIpc) is 3.11. The number of hydrogen-bond acceptors (Lipinski definition) is 2. The van der Waals surface area contributed by atoms with E-state index in [1.807, 2.05) is 0 Å². The van der Waals surface area contributed by atoms with E-state index in [1.54, 1.807) is 0 Å². The van der Waals surface area contributed by atoms with Gasteiger partial charge >= 0.3 is 0 Å². The first-order valence-corrected chi connectivity index (χ1v) is 10.1. The molecule has 134 valence electrons. The summed E-state index contributed by atoms with van der Waals surface area (Å²) in [4.78, 5) is 2.75. The fourth-order valence-corrected chi connectivity index (χ4v) is 5.55. The zero-order valence-electron chi connectivity index (χ0n) is 15.7. The van der Waals surface area contributed by atoms with Crippen LogP contribution < -0.4 is 5.32 Å². The van der Waals surface area contributed by atoms with Gasteiger partial charge < -0.3 is 10.2 Å². The van der Waals surface area contributed by atoms with Gasteiger partial charge in [0.1, 0.15) is 0 Å². The molecule has 2 nitrogen and oxygen atoms in total. The normalized spacial score (nSPS) is 41.3. The number of nitrogens with zero attached hydrogens (tertiary/aromatic N) is 1. The molecule has 26 heavy (non-hydrogen) atoms. The number of allylic oxidation sites excluding steroid dienone is 7. The average molecular weight is 345 g/mol. The van der Waals surface area contributed by atoms with E-state index in [1.165, 1.54) is 41.8 Å². The molecule has 1 saturated carbocycles. The van der Waals surface area contributed by atoms with Crippen LogP contribution in [-0.4, -0.2) is 23.0 Å². The van der Waals surface area contributed by atoms with Crippen molar-refractivity contribution < 1.29 is 0 Å². The third-order valence-electron chi connectivity index (χ3n) is 7.01. The molecule has 2 heterocycles. The summed E-state index contributed by atoms with van der Waals surface area (Å²) in [5.41, 5.74) is 5.86. The third-order valence-corrected chi connectivity index (χ3v) is 7.01. The van der Waals surface area contributed by atoms with Gasteiger partial charge in [-0.1, -0.05) is 55.5 Å². The Morgan fingerprint density at radius 2 is 1.77 bits per heavy atom. The fourth-order valence-electron chi connectivity index (χ4n) is 5.55. The minimum Gasteiger partial charge on any atom is -0.381 e. The Balaban J connectivity index is 1.47. The topological polar surface area (TPSA) is 15.3 Å². The van der Waals surface area contributed by atoms with Crippen LogP contribution in [0.25, 0.3) is 0 Å². The molecule has 1 saturated heterocycles. The Hall–Kier alpha value is -2.22. The molecule has 0 radical (unpaired) electrons. The lowest BCUT2D eigenvalue weighted by Crippen LogP contribution is -2.43. The molecule has 1 aromatic rings. The van der Waals surface area contributed by atoms with Crippen molar-refractivity contribution in [3.8, 4) is 0 Å². The number of anilines is 1. The standard InChI is InChI=1S/C24H28N2/c1-16-17(2)26(24-12-6-4-3-5-9-19(16)24)18-13-14-23-21(15-18)20-10-7-8-11-22(20)25-23/h3-12,16-18,21,23,25H,13-15H2,1-2H3/b4-3?,5-3-,6-4-,9-5?,12-6?,19-9+,24-12-/t16-,17?,18+,21?,23?/m0/s1. The van der Waals surface area contributed by atoms with E-state index in [-0.39, 0.29) is 0 Å². The van der Waals surface area contributed by atoms with Gasteiger partial charge in [0.05, 0.1) is 0 Å². The largest absolute Gasteiger partial charge is 0.381 e. The van der Waals surface area contributed by atoms with Crippen molar-refractivity contribution in [3.63, 3.8) is 0 Å². The number of nitrogens with one attached hydrogen (secondary N) is 1. The van der Waals surface area contributed by atoms with Crippen molar-refractivity contribution in [3.05, 3.63) is 77.6 Å². The van der Waals surface area contributed by atoms with Crippen LogP contribution >= 0.6 is 0 Å². The van der Waals surface area contributed by atoms with E-state index in [0.717, 1.165) is 0 Å². The number of fused-ring (bicyclic) bond motifs is 4. The van der Waals surface area contributed by atoms with Crippen LogP contribution in [0.15, 0.2) is 72.0 Å². The summed E-state index contributed by atoms with van der Waals surface area (Å²) in [6.45, 7) is 4.80. The zero-order valence-corrected chi connectivity index (χ0v) is 15.7. The Bertz CT molecular complexity index is 828. The number of para-hydroxylation sites is 1. The highest BCUT2D eigenvalue weighted by Crippen LogP contribution is 2.48. The van der Waals surface area contributed by atoms with Crippen molar-refractivity contribution in [2.45, 2.75) is 57.2 Å². The highest BCUT2D eigenvalue weighted by atomic mass is 15.2. The Kier molecular flexibility index (Phi) is 3.81. The number of benzene rings is 1. The molecule has 1 aromatic carbocycles. The molecular weight excluding hydrogens is 316 g/mol. The molecule has 0 bridgehead atoms. The maximum absolute atomic E-state index is 3.78. The molecule has 2 heteroatoms. The summed E-state index contributed by atoms with van der Waals surface area (Å²) >= 11 is 0. The molecule has 2 fully saturated rings. The van der Waals surface area contributed by atoms with Gasteiger partial charge in [-0.15, -0.1) is 0 Å². The smallest absolute Gasteiger partial charge is 0.0407 e. The maximum atomic E-state index is 3.78. The molecule has 4 aliphatic rings. The number of hydrogen-bond donors (Lipinski definition) is 1. The monoisotopic (exact) mass is 344 g/mol. The van der Waals surface area contributed by atoms with Crippen molar-refractivity contribution >= 4 is 5.69 Å². The van der Waals surface area contributed by atoms with Crippen molar-refractivity contribution in [1.29, 1.82) is 0 Å². The first-order valence-electron chi connectivity index (χ1n) is 10.1. The first-order chi connectivity index (χ1) is 12.7. The maximum Gasteiger partial charge on any atom is 0.0407 e. The van der Waals surface area contributed by atoms with E-state index < -0.39 is 0 Å². The highest BCUT2D eigenvalue weighted by Gasteiger charge is 2.44. The second-order valence-corrected chi connectivity index (χ2v) is 8.29. The predicted molar refractivity (Wildman–Crippen MR) is 109 cm³/mol. The van der Waals surface area contributed by atoms with Gasteiger partial charge in [0, 0.05) is 41.3 Å². The molecular formula is C24H28N2. The van der Waals surface area contributed by atoms with E-state index in [9.17, 15) is 0 Å². The number of likely N-dealkylation sites (tertiary alicyclic amines) is 1. The van der Waals surface area contributed by atoms with Gasteiger partial charge in [0.25, 0.3) is 0 Å². The minimum atomic E-state index is 0.568. The van der Waals surface area contributed by atoms with Crippen molar-refractivity contribution in [2.75, 3.05) is 5.32 Å². The fraction of sp³-hybridized carbons (Fsp3) is 0.417. The highest BCUT2D eigenvalue weighted by molar-refractivity contribution is 5.59. The van der Waals surface area contributed by atoms with Gasteiger partial charge in [-0.05, 0) is 49.5 Å². The zero-order chi connectivity index (χ0) is 17.7. The molecule has 0 amide bonds. The lowest BCUT2D eigenvalue weighted by atomic mass is 9.79. The SMILES string of the molecule is CC1[C@H](C)C2=C\C=C/C=C\C=C\2N1[C@@H]1CCC2Nc3ccccc3C2C1. The van der Waals surface area contributed by atoms with Gasteiger partial charge in [-0.3, -0.25) is 0 Å². The summed E-state index contributed by atoms with van der Waals surface area (Å²) in [6, 6.07) is 10.8. The van der Waals surface area contributed by atoms with Crippen molar-refractivity contribution in [1.82, 2.24) is 4.90 Å². The molecule has 5 rings (SSSR count). The quantitative estimate of drug-likeness (QED) is 0.734. The summed E-state index contributed by atoms with van der Waals surface area (Å²) in [7, 11) is 0. The van der Waals surface area contributed by atoms with Crippen LogP contribution in [0, 0.1) is 5.92 Å². The second-order valence-electron chi connectivity index (χ2n) is 8.29. The minimum absolute atomic E-state index is 0.568. The Morgan fingerprint density at radius 1 is 0.962 bits per heavy atom. The van der Waals surface area contributed by atoms with Gasteiger partial charge in [0.15, 0.2) is 0 Å². The van der Waals surface area contributed by atoms with Crippen LogP contribution in [-0.2, 0) is 0 Å². The first kappa shape index (κ1) is 16.0. The molecule has 0 aromatic heterocycles. The lowest BCUT2D eigenvalue weighted by Gasteiger charge is -2.41.